The number of nitrogens with zero attached hydrogens (tertiary/aromatic N) is 13. The highest BCUT2D eigenvalue weighted by molar-refractivity contribution is 5.81. The number of nitriles is 2. The number of fused-ring (bicyclic) bond motifs is 3. The van der Waals surface area contributed by atoms with Crippen LogP contribution >= 0.6 is 0 Å². The predicted octanol–water partition coefficient (Wildman–Crippen LogP) is 4.72. The third-order valence-corrected chi connectivity index (χ3v) is 8.93. The Kier molecular flexibility index (Phi) is 9.29. The van der Waals surface area contributed by atoms with Crippen LogP contribution in [0.1, 0.15) is 22.8 Å². The van der Waals surface area contributed by atoms with Gasteiger partial charge in [-0.25, -0.2) is 103 Å². The van der Waals surface area contributed by atoms with Gasteiger partial charge < -0.3 is 0 Å². The van der Waals surface area contributed by atoms with Gasteiger partial charge in [-0.05, 0) is 25.1 Å². The molecule has 5 aromatic rings. The smallest absolute Gasteiger partial charge is 0.235 e. The maximum atomic E-state index is 15.0. The van der Waals surface area contributed by atoms with Crippen molar-refractivity contribution >= 4 is 22.5 Å². The van der Waals surface area contributed by atoms with Gasteiger partial charge in [-0.2, -0.15) is 10.5 Å². The predicted molar refractivity (Wildman–Crippen MR) is 181 cm³/mol. The van der Waals surface area contributed by atoms with Crippen LogP contribution in [0.5, 0.6) is 0 Å². The standard InChI is InChI=1S/C38H6F11N13/c1-9-16(39)22(45)29-28(17(9)40)56-35(57-29)12(8-51)36-60-33(61-38(62-36)32(53-3)37-58-30-25(48)20(43)21(44)26(49)31(30)59-37)10-4-5-13-14(6-10)55-34(54-13)11(7-50)15-18(41)23(46)27(52-2)24(47)19(15)42/h4-6H,1H3/b34-11+,35-12-. The van der Waals surface area contributed by atoms with Crippen LogP contribution in [-0.2, 0) is 0 Å². The van der Waals surface area contributed by atoms with Gasteiger partial charge in [-0.1, -0.05) is 0 Å². The van der Waals surface area contributed by atoms with E-state index in [0.717, 1.165) is 19.1 Å². The van der Waals surface area contributed by atoms with Crippen molar-refractivity contribution in [2.75, 3.05) is 0 Å². The molecular formula is C38H6F11N13. The fraction of sp³-hybridized carbons (Fsp3) is 0.0263. The Morgan fingerprint density at radius 1 is 0.532 bits per heavy atom. The summed E-state index contributed by atoms with van der Waals surface area (Å²) in [5.41, 5.74) is -6.91. The quantitative estimate of drug-likeness (QED) is 0.0838. The molecule has 0 saturated carbocycles. The molecule has 0 radical (unpaired) electrons. The highest BCUT2D eigenvalue weighted by Gasteiger charge is 2.31. The normalized spacial score (nSPS) is 14.5. The maximum Gasteiger partial charge on any atom is 0.274 e. The van der Waals surface area contributed by atoms with Crippen molar-refractivity contribution in [1.29, 1.82) is 10.5 Å². The third-order valence-electron chi connectivity index (χ3n) is 8.93. The number of hydrogen-bond donors (Lipinski definition) is 0. The molecule has 0 amide bonds. The first-order valence-corrected chi connectivity index (χ1v) is 16.4. The average Bonchev–Trinajstić information content (AvgIpc) is 4.03. The van der Waals surface area contributed by atoms with E-state index in [1.54, 1.807) is 6.07 Å². The van der Waals surface area contributed by atoms with Gasteiger partial charge in [0.25, 0.3) is 11.4 Å². The van der Waals surface area contributed by atoms with Crippen LogP contribution in [0.4, 0.5) is 54.0 Å². The topological polar surface area (TPSA) is 169 Å². The minimum atomic E-state index is -2.25. The van der Waals surface area contributed by atoms with E-state index in [0.29, 0.717) is 0 Å². The molecule has 0 N–H and O–H groups in total. The Morgan fingerprint density at radius 2 is 1.03 bits per heavy atom. The zero-order valence-corrected chi connectivity index (χ0v) is 29.7. The average molecular weight is 854 g/mol. The molecule has 24 heteroatoms. The van der Waals surface area contributed by atoms with Crippen molar-refractivity contribution in [1.82, 2.24) is 15.0 Å². The first-order chi connectivity index (χ1) is 29.5. The van der Waals surface area contributed by atoms with Gasteiger partial charge in [0.1, 0.15) is 44.7 Å². The molecule has 4 aromatic carbocycles. The minimum absolute atomic E-state index is 0.132. The molecule has 0 bridgehead atoms. The molecule has 0 aliphatic carbocycles. The summed E-state index contributed by atoms with van der Waals surface area (Å²) in [4.78, 5) is 40.7. The number of aromatic nitrogens is 3. The summed E-state index contributed by atoms with van der Waals surface area (Å²) in [5, 5.41) is 15.6. The maximum absolute atomic E-state index is 15.0. The number of halogens is 11. The molecule has 8 rings (SSSR count). The van der Waals surface area contributed by atoms with Crippen LogP contribution in [0.15, 0.2) is 65.6 Å². The zero-order valence-electron chi connectivity index (χ0n) is 29.7. The SMILES string of the molecule is [C-]#[N+]C(=C1N=c2c(F)c(F)c(F)c(F)c2=N1)c1nc(/C(C#N)=C2/N=c3c(F)c(C)c(F)c(F)c3=N2)nc(-c2ccc3c(c2)=N/C(=C(\C#N)c2c(F)c(F)c([N+]#[C-])c(F)c2F)N=3)n1. The van der Waals surface area contributed by atoms with Crippen molar-refractivity contribution in [3.8, 4) is 23.5 Å². The Balaban J connectivity index is 1.37. The van der Waals surface area contributed by atoms with Crippen LogP contribution in [-0.4, -0.2) is 15.0 Å². The van der Waals surface area contributed by atoms with E-state index in [1.807, 2.05) is 0 Å². The van der Waals surface area contributed by atoms with E-state index < -0.39 is 154 Å². The molecule has 4 heterocycles. The number of allylic oxidation sites excluding steroid dienone is 2. The largest absolute Gasteiger partial charge is 0.274 e. The van der Waals surface area contributed by atoms with Crippen LogP contribution in [0.25, 0.3) is 37.9 Å². The van der Waals surface area contributed by atoms with E-state index in [4.69, 9.17) is 13.1 Å². The second-order valence-electron chi connectivity index (χ2n) is 12.4. The van der Waals surface area contributed by atoms with Crippen molar-refractivity contribution in [2.45, 2.75) is 6.92 Å². The zero-order chi connectivity index (χ0) is 44.6. The lowest BCUT2D eigenvalue weighted by molar-refractivity contribution is 0.399. The van der Waals surface area contributed by atoms with Crippen molar-refractivity contribution in [3.63, 3.8) is 0 Å². The fourth-order valence-electron chi connectivity index (χ4n) is 5.95. The van der Waals surface area contributed by atoms with Gasteiger partial charge in [-0.3, -0.25) is 0 Å². The van der Waals surface area contributed by atoms with Crippen LogP contribution in [0.2, 0.25) is 0 Å². The van der Waals surface area contributed by atoms with Gasteiger partial charge in [0, 0.05) is 11.1 Å². The van der Waals surface area contributed by atoms with Crippen LogP contribution < -0.4 is 32.1 Å². The lowest BCUT2D eigenvalue weighted by Gasteiger charge is -2.08. The second-order valence-corrected chi connectivity index (χ2v) is 12.4. The Morgan fingerprint density at radius 3 is 1.58 bits per heavy atom. The van der Waals surface area contributed by atoms with Crippen molar-refractivity contribution in [3.05, 3.63) is 177 Å². The van der Waals surface area contributed by atoms with Gasteiger partial charge in [0.2, 0.25) is 0 Å². The van der Waals surface area contributed by atoms with E-state index in [1.165, 1.54) is 12.1 Å². The Hall–Kier alpha value is -8.90. The minimum Gasteiger partial charge on any atom is -0.235 e. The van der Waals surface area contributed by atoms with E-state index in [2.05, 4.69) is 54.6 Å². The molecule has 0 unspecified atom stereocenters. The number of benzene rings is 4. The monoisotopic (exact) mass is 853 g/mol. The van der Waals surface area contributed by atoms with Gasteiger partial charge in [0.05, 0.1) is 29.4 Å². The molecular weight excluding hydrogens is 847 g/mol. The third kappa shape index (κ3) is 5.85. The first kappa shape index (κ1) is 39.9. The van der Waals surface area contributed by atoms with Crippen LogP contribution in [0, 0.1) is 107 Å². The van der Waals surface area contributed by atoms with Gasteiger partial charge in [0.15, 0.2) is 98.9 Å². The second kappa shape index (κ2) is 14.4. The molecule has 3 aliphatic rings. The highest BCUT2D eigenvalue weighted by atomic mass is 19.2. The summed E-state index contributed by atoms with van der Waals surface area (Å²) in [6.45, 7) is 15.6. The Labute approximate surface area is 333 Å². The fourth-order valence-corrected chi connectivity index (χ4v) is 5.95. The molecule has 0 saturated heterocycles. The van der Waals surface area contributed by atoms with Crippen LogP contribution in [0.3, 0.4) is 0 Å². The summed E-state index contributed by atoms with van der Waals surface area (Å²) in [5.74, 6) is -26.1. The summed E-state index contributed by atoms with van der Waals surface area (Å²) in [6.07, 6.45) is 0. The Bertz CT molecular complexity index is 3450. The summed E-state index contributed by atoms with van der Waals surface area (Å²) < 4.78 is 161. The molecule has 3 aliphatic heterocycles. The lowest BCUT2D eigenvalue weighted by Crippen LogP contribution is -2.32. The molecule has 0 spiro atoms. The highest BCUT2D eigenvalue weighted by Crippen LogP contribution is 2.35. The van der Waals surface area contributed by atoms with E-state index >= 15 is 4.39 Å². The number of rotatable bonds is 4. The van der Waals surface area contributed by atoms with E-state index in [-0.39, 0.29) is 16.3 Å². The molecule has 62 heavy (non-hydrogen) atoms. The van der Waals surface area contributed by atoms with Gasteiger partial charge in [-0.15, -0.1) is 0 Å². The number of hydrogen-bond acceptors (Lipinski definition) is 11. The first-order valence-electron chi connectivity index (χ1n) is 16.4. The summed E-state index contributed by atoms with van der Waals surface area (Å²) in [6, 6.07) is 6.41. The summed E-state index contributed by atoms with van der Waals surface area (Å²) >= 11 is 0. The molecule has 1 aromatic heterocycles. The van der Waals surface area contributed by atoms with Crippen molar-refractivity contribution in [2.24, 2.45) is 30.0 Å². The van der Waals surface area contributed by atoms with Crippen molar-refractivity contribution < 1.29 is 48.3 Å². The molecule has 13 nitrogen and oxygen atoms in total. The molecule has 0 fully saturated rings. The van der Waals surface area contributed by atoms with Gasteiger partial charge >= 0.3 is 0 Å². The molecule has 300 valence electrons. The molecule has 0 atom stereocenters. The lowest BCUT2D eigenvalue weighted by atomic mass is 10.0. The van der Waals surface area contributed by atoms with E-state index in [9.17, 15) is 54.4 Å². The summed E-state index contributed by atoms with van der Waals surface area (Å²) in [7, 11) is 0.